The third kappa shape index (κ3) is 3.38. The molecule has 0 saturated carbocycles. The van der Waals surface area contributed by atoms with E-state index in [-0.39, 0.29) is 0 Å². The Morgan fingerprint density at radius 3 is 3.00 bits per heavy atom. The van der Waals surface area contributed by atoms with Gasteiger partial charge >= 0.3 is 5.97 Å². The van der Waals surface area contributed by atoms with E-state index >= 15 is 0 Å². The standard InChI is InChI=1S/C15H17NO4/c1-2-12(15(18)19)16-14(17)6-4-10-3-5-13-11(9-10)7-8-20-13/h3-6,9,12H,2,7-8H2,1H3,(H,16,17)(H,18,19)/b6-4+. The molecule has 5 nitrogen and oxygen atoms in total. The molecule has 1 aromatic carbocycles. The van der Waals surface area contributed by atoms with Crippen LogP contribution < -0.4 is 10.1 Å². The van der Waals surface area contributed by atoms with Crippen LogP contribution in [0.25, 0.3) is 6.08 Å². The van der Waals surface area contributed by atoms with Crippen molar-refractivity contribution in [3.63, 3.8) is 0 Å². The molecule has 1 unspecified atom stereocenters. The first kappa shape index (κ1) is 14.1. The summed E-state index contributed by atoms with van der Waals surface area (Å²) >= 11 is 0. The minimum absolute atomic E-state index is 0.352. The molecule has 0 bridgehead atoms. The van der Waals surface area contributed by atoms with Gasteiger partial charge in [-0.05, 0) is 35.8 Å². The Kier molecular flexibility index (Phi) is 4.40. The summed E-state index contributed by atoms with van der Waals surface area (Å²) in [4.78, 5) is 22.5. The Bertz CT molecular complexity index is 551. The molecule has 0 saturated heterocycles. The van der Waals surface area contributed by atoms with Crippen LogP contribution in [0, 0.1) is 0 Å². The summed E-state index contributed by atoms with van der Waals surface area (Å²) in [6, 6.07) is 4.87. The van der Waals surface area contributed by atoms with Crippen LogP contribution in [0.4, 0.5) is 0 Å². The van der Waals surface area contributed by atoms with Gasteiger partial charge in [-0.3, -0.25) is 4.79 Å². The molecule has 1 amide bonds. The molecule has 106 valence electrons. The van der Waals surface area contributed by atoms with Crippen molar-refractivity contribution in [2.75, 3.05) is 6.61 Å². The van der Waals surface area contributed by atoms with Gasteiger partial charge in [-0.1, -0.05) is 13.0 Å². The summed E-state index contributed by atoms with van der Waals surface area (Å²) < 4.78 is 5.40. The number of aliphatic carboxylic acids is 1. The van der Waals surface area contributed by atoms with Gasteiger partial charge in [-0.25, -0.2) is 4.79 Å². The molecule has 2 N–H and O–H groups in total. The summed E-state index contributed by atoms with van der Waals surface area (Å²) in [5.41, 5.74) is 2.03. The second-order valence-corrected chi connectivity index (χ2v) is 4.61. The van der Waals surface area contributed by atoms with Crippen LogP contribution in [0.3, 0.4) is 0 Å². The van der Waals surface area contributed by atoms with E-state index < -0.39 is 17.9 Å². The molecule has 0 aromatic heterocycles. The average molecular weight is 275 g/mol. The highest BCUT2D eigenvalue weighted by molar-refractivity contribution is 5.94. The summed E-state index contributed by atoms with van der Waals surface area (Å²) in [5, 5.41) is 11.3. The first-order valence-corrected chi connectivity index (χ1v) is 6.57. The smallest absolute Gasteiger partial charge is 0.326 e. The van der Waals surface area contributed by atoms with Gasteiger partial charge in [0.15, 0.2) is 0 Å². The number of carbonyl (C=O) groups excluding carboxylic acids is 1. The van der Waals surface area contributed by atoms with E-state index in [1.807, 2.05) is 18.2 Å². The van der Waals surface area contributed by atoms with Crippen molar-refractivity contribution in [3.05, 3.63) is 35.4 Å². The largest absolute Gasteiger partial charge is 0.493 e. The number of benzene rings is 1. The minimum atomic E-state index is -1.02. The number of carboxylic acids is 1. The average Bonchev–Trinajstić information content (AvgIpc) is 2.89. The van der Waals surface area contributed by atoms with E-state index in [0.717, 1.165) is 23.3 Å². The molecule has 5 heteroatoms. The fourth-order valence-electron chi connectivity index (χ4n) is 2.04. The maximum absolute atomic E-state index is 11.6. The molecule has 0 aliphatic carbocycles. The fourth-order valence-corrected chi connectivity index (χ4v) is 2.04. The first-order valence-electron chi connectivity index (χ1n) is 6.57. The van der Waals surface area contributed by atoms with Gasteiger partial charge in [0.2, 0.25) is 5.91 Å². The molecular formula is C15H17NO4. The number of amides is 1. The van der Waals surface area contributed by atoms with E-state index in [1.165, 1.54) is 6.08 Å². The quantitative estimate of drug-likeness (QED) is 0.801. The Balaban J connectivity index is 1.98. The predicted molar refractivity (Wildman–Crippen MR) is 74.5 cm³/mol. The van der Waals surface area contributed by atoms with Gasteiger partial charge in [0, 0.05) is 12.5 Å². The van der Waals surface area contributed by atoms with E-state index in [1.54, 1.807) is 13.0 Å². The normalized spacial score (nSPS) is 14.7. The number of hydrogen-bond acceptors (Lipinski definition) is 3. The second-order valence-electron chi connectivity index (χ2n) is 4.61. The van der Waals surface area contributed by atoms with E-state index in [2.05, 4.69) is 5.32 Å². The molecule has 0 radical (unpaired) electrons. The van der Waals surface area contributed by atoms with E-state index in [4.69, 9.17) is 9.84 Å². The summed E-state index contributed by atoms with van der Waals surface area (Å²) in [5.74, 6) is -0.538. The van der Waals surface area contributed by atoms with Crippen molar-refractivity contribution < 1.29 is 19.4 Å². The molecule has 1 aliphatic heterocycles. The summed E-state index contributed by atoms with van der Waals surface area (Å²) in [7, 11) is 0. The van der Waals surface area contributed by atoms with Crippen LogP contribution in [0.1, 0.15) is 24.5 Å². The lowest BCUT2D eigenvalue weighted by Crippen LogP contribution is -2.39. The number of carbonyl (C=O) groups is 2. The Labute approximate surface area is 117 Å². The third-order valence-electron chi connectivity index (χ3n) is 3.16. The Hall–Kier alpha value is -2.30. The van der Waals surface area contributed by atoms with Gasteiger partial charge in [0.25, 0.3) is 0 Å². The molecule has 1 atom stereocenters. The lowest BCUT2D eigenvalue weighted by atomic mass is 10.1. The number of ether oxygens (including phenoxy) is 1. The zero-order chi connectivity index (χ0) is 14.5. The number of carboxylic acid groups (broad SMARTS) is 1. The van der Waals surface area contributed by atoms with Crippen LogP contribution in [0.2, 0.25) is 0 Å². The molecule has 0 fully saturated rings. The monoisotopic (exact) mass is 275 g/mol. The van der Waals surface area contributed by atoms with Gasteiger partial charge < -0.3 is 15.2 Å². The van der Waals surface area contributed by atoms with Crippen molar-refractivity contribution in [3.8, 4) is 5.75 Å². The van der Waals surface area contributed by atoms with E-state index in [0.29, 0.717) is 13.0 Å². The molecule has 20 heavy (non-hydrogen) atoms. The number of rotatable bonds is 5. The highest BCUT2D eigenvalue weighted by Gasteiger charge is 2.16. The van der Waals surface area contributed by atoms with Crippen LogP contribution in [0.5, 0.6) is 5.75 Å². The van der Waals surface area contributed by atoms with Crippen molar-refractivity contribution in [2.45, 2.75) is 25.8 Å². The van der Waals surface area contributed by atoms with Gasteiger partial charge in [-0.15, -0.1) is 0 Å². The van der Waals surface area contributed by atoms with Crippen LogP contribution in [0.15, 0.2) is 24.3 Å². The molecule has 1 aliphatic rings. The van der Waals surface area contributed by atoms with Crippen molar-refractivity contribution in [1.29, 1.82) is 0 Å². The maximum atomic E-state index is 11.6. The topological polar surface area (TPSA) is 75.6 Å². The van der Waals surface area contributed by atoms with Gasteiger partial charge in [-0.2, -0.15) is 0 Å². The van der Waals surface area contributed by atoms with Crippen molar-refractivity contribution >= 4 is 18.0 Å². The molecular weight excluding hydrogens is 258 g/mol. The van der Waals surface area contributed by atoms with Crippen LogP contribution >= 0.6 is 0 Å². The molecule has 0 spiro atoms. The fraction of sp³-hybridized carbons (Fsp3) is 0.333. The van der Waals surface area contributed by atoms with E-state index in [9.17, 15) is 9.59 Å². The van der Waals surface area contributed by atoms with Gasteiger partial charge in [0.05, 0.1) is 6.61 Å². The van der Waals surface area contributed by atoms with Crippen molar-refractivity contribution in [2.24, 2.45) is 0 Å². The number of nitrogens with one attached hydrogen (secondary N) is 1. The second kappa shape index (κ2) is 6.23. The molecule has 1 aromatic rings. The number of fused-ring (bicyclic) bond motifs is 1. The molecule has 2 rings (SSSR count). The zero-order valence-corrected chi connectivity index (χ0v) is 11.3. The van der Waals surface area contributed by atoms with Crippen molar-refractivity contribution in [1.82, 2.24) is 5.32 Å². The summed E-state index contributed by atoms with van der Waals surface area (Å²) in [6.45, 7) is 2.41. The zero-order valence-electron chi connectivity index (χ0n) is 11.3. The SMILES string of the molecule is CCC(NC(=O)/C=C/c1ccc2c(c1)CCO2)C(=O)O. The summed E-state index contributed by atoms with van der Waals surface area (Å²) in [6.07, 6.45) is 4.25. The number of hydrogen-bond donors (Lipinski definition) is 2. The lowest BCUT2D eigenvalue weighted by Gasteiger charge is -2.09. The third-order valence-corrected chi connectivity index (χ3v) is 3.16. The Morgan fingerprint density at radius 2 is 2.30 bits per heavy atom. The Morgan fingerprint density at radius 1 is 1.50 bits per heavy atom. The highest BCUT2D eigenvalue weighted by atomic mass is 16.5. The predicted octanol–water partition coefficient (Wildman–Crippen LogP) is 1.61. The maximum Gasteiger partial charge on any atom is 0.326 e. The van der Waals surface area contributed by atoms with Crippen LogP contribution in [-0.2, 0) is 16.0 Å². The lowest BCUT2D eigenvalue weighted by molar-refractivity contribution is -0.141. The highest BCUT2D eigenvalue weighted by Crippen LogP contribution is 2.26. The molecule has 1 heterocycles. The van der Waals surface area contributed by atoms with Gasteiger partial charge in [0.1, 0.15) is 11.8 Å². The minimum Gasteiger partial charge on any atom is -0.493 e. The first-order chi connectivity index (χ1) is 9.60. The van der Waals surface area contributed by atoms with Crippen LogP contribution in [-0.4, -0.2) is 29.6 Å².